The summed E-state index contributed by atoms with van der Waals surface area (Å²) in [5, 5.41) is 8.89. The summed E-state index contributed by atoms with van der Waals surface area (Å²) < 4.78 is 31.7. The molecule has 0 bridgehead atoms. The predicted molar refractivity (Wildman–Crippen MR) is 67.5 cm³/mol. The first kappa shape index (κ1) is 14.6. The monoisotopic (exact) mass is 279 g/mol. The van der Waals surface area contributed by atoms with Gasteiger partial charge in [-0.1, -0.05) is 0 Å². The van der Waals surface area contributed by atoms with Gasteiger partial charge in [0.1, 0.15) is 23.0 Å². The van der Waals surface area contributed by atoms with Crippen LogP contribution in [0.2, 0.25) is 0 Å². The van der Waals surface area contributed by atoms with Gasteiger partial charge in [0.25, 0.3) is 0 Å². The van der Waals surface area contributed by atoms with Crippen molar-refractivity contribution in [3.8, 4) is 0 Å². The van der Waals surface area contributed by atoms with Gasteiger partial charge in [-0.15, -0.1) is 0 Å². The molecule has 1 rings (SSSR count). The lowest BCUT2D eigenvalue weighted by atomic mass is 10.4. The highest BCUT2D eigenvalue weighted by atomic mass is 32.2. The van der Waals surface area contributed by atoms with Crippen LogP contribution in [-0.2, 0) is 16.6 Å². The van der Waals surface area contributed by atoms with Crippen molar-refractivity contribution in [2.24, 2.45) is 0 Å². The fraction of sp³-hybridized carbons (Fsp3) is 0.600. The summed E-state index contributed by atoms with van der Waals surface area (Å²) in [4.78, 5) is 0.0921. The second-order valence-electron chi connectivity index (χ2n) is 3.77. The summed E-state index contributed by atoms with van der Waals surface area (Å²) >= 11 is 1.57. The average molecular weight is 279 g/mol. The molecule has 0 radical (unpaired) electrons. The number of hydrogen-bond donors (Lipinski definition) is 2. The number of sulfonamides is 1. The highest BCUT2D eigenvalue weighted by Gasteiger charge is 2.22. The molecule has 1 unspecified atom stereocenters. The van der Waals surface area contributed by atoms with Crippen LogP contribution < -0.4 is 4.72 Å². The lowest BCUT2D eigenvalue weighted by Crippen LogP contribution is -2.34. The summed E-state index contributed by atoms with van der Waals surface area (Å²) in [6.45, 7) is 3.06. The van der Waals surface area contributed by atoms with Crippen LogP contribution in [0.3, 0.4) is 0 Å². The van der Waals surface area contributed by atoms with Crippen LogP contribution in [0.15, 0.2) is 15.4 Å². The predicted octanol–water partition coefficient (Wildman–Crippen LogP) is 1.11. The van der Waals surface area contributed by atoms with E-state index in [1.54, 1.807) is 25.6 Å². The minimum absolute atomic E-state index is 0.0921. The van der Waals surface area contributed by atoms with Crippen LogP contribution in [0.5, 0.6) is 0 Å². The quantitative estimate of drug-likeness (QED) is 0.815. The summed E-state index contributed by atoms with van der Waals surface area (Å²) in [5.41, 5.74) is 0. The number of thioether (sulfide) groups is 1. The first-order valence-corrected chi connectivity index (χ1v) is 8.00. The molecule has 0 aromatic carbocycles. The van der Waals surface area contributed by atoms with Crippen LogP contribution in [-0.4, -0.2) is 31.6 Å². The molecule has 0 fully saturated rings. The Balaban J connectivity index is 2.92. The molecule has 5 nitrogen and oxygen atoms in total. The van der Waals surface area contributed by atoms with E-state index >= 15 is 0 Å². The van der Waals surface area contributed by atoms with Crippen molar-refractivity contribution in [1.82, 2.24) is 4.72 Å². The zero-order valence-corrected chi connectivity index (χ0v) is 11.7. The van der Waals surface area contributed by atoms with Gasteiger partial charge in [-0.25, -0.2) is 13.1 Å². The number of aryl methyl sites for hydroxylation is 1. The molecule has 7 heteroatoms. The maximum Gasteiger partial charge on any atom is 0.244 e. The number of furan rings is 1. The van der Waals surface area contributed by atoms with Crippen molar-refractivity contribution in [3.05, 3.63) is 17.6 Å². The molecule has 0 aliphatic heterocycles. The van der Waals surface area contributed by atoms with Gasteiger partial charge in [-0.3, -0.25) is 0 Å². The fourth-order valence-electron chi connectivity index (χ4n) is 1.48. The zero-order valence-electron chi connectivity index (χ0n) is 10.1. The standard InChI is InChI=1S/C10H17NO4S2/c1-7(6-16-3)11-17(13,14)10-4-9(5-12)15-8(10)2/h4,7,11-12H,5-6H2,1-3H3. The summed E-state index contributed by atoms with van der Waals surface area (Å²) in [7, 11) is -3.57. The highest BCUT2D eigenvalue weighted by Crippen LogP contribution is 2.20. The number of aliphatic hydroxyl groups excluding tert-OH is 1. The molecule has 1 heterocycles. The van der Waals surface area contributed by atoms with Crippen molar-refractivity contribution >= 4 is 21.8 Å². The molecular weight excluding hydrogens is 262 g/mol. The Hall–Kier alpha value is -0.500. The van der Waals surface area contributed by atoms with Crippen LogP contribution in [0.25, 0.3) is 0 Å². The van der Waals surface area contributed by atoms with E-state index in [1.807, 2.05) is 6.26 Å². The van der Waals surface area contributed by atoms with E-state index in [4.69, 9.17) is 9.52 Å². The van der Waals surface area contributed by atoms with Gasteiger partial charge in [0.05, 0.1) is 0 Å². The van der Waals surface area contributed by atoms with E-state index in [2.05, 4.69) is 4.72 Å². The molecule has 98 valence electrons. The van der Waals surface area contributed by atoms with E-state index in [0.717, 1.165) is 0 Å². The maximum absolute atomic E-state index is 12.0. The molecule has 0 aliphatic rings. The van der Waals surface area contributed by atoms with Crippen LogP contribution in [0.4, 0.5) is 0 Å². The van der Waals surface area contributed by atoms with E-state index in [-0.39, 0.29) is 29.1 Å². The van der Waals surface area contributed by atoms with Gasteiger partial charge >= 0.3 is 0 Å². The van der Waals surface area contributed by atoms with Gasteiger partial charge in [-0.05, 0) is 20.1 Å². The Labute approximate surface area is 106 Å². The van der Waals surface area contributed by atoms with Crippen molar-refractivity contribution < 1.29 is 17.9 Å². The maximum atomic E-state index is 12.0. The lowest BCUT2D eigenvalue weighted by molar-refractivity contribution is 0.244. The molecule has 1 atom stereocenters. The number of rotatable bonds is 6. The average Bonchev–Trinajstić information content (AvgIpc) is 2.60. The topological polar surface area (TPSA) is 79.5 Å². The van der Waals surface area contributed by atoms with Crippen LogP contribution in [0, 0.1) is 6.92 Å². The molecule has 0 spiro atoms. The summed E-state index contributed by atoms with van der Waals surface area (Å²) in [6, 6.07) is 1.20. The minimum Gasteiger partial charge on any atom is -0.462 e. The molecule has 0 saturated heterocycles. The van der Waals surface area contributed by atoms with Crippen molar-refractivity contribution in [2.75, 3.05) is 12.0 Å². The third kappa shape index (κ3) is 3.74. The van der Waals surface area contributed by atoms with Crippen LogP contribution >= 0.6 is 11.8 Å². The molecule has 1 aromatic heterocycles. The van der Waals surface area contributed by atoms with Gasteiger partial charge < -0.3 is 9.52 Å². The normalized spacial score (nSPS) is 13.9. The zero-order chi connectivity index (χ0) is 13.1. The van der Waals surface area contributed by atoms with Crippen molar-refractivity contribution in [2.45, 2.75) is 31.4 Å². The highest BCUT2D eigenvalue weighted by molar-refractivity contribution is 7.98. The van der Waals surface area contributed by atoms with Gasteiger partial charge in [0.2, 0.25) is 10.0 Å². The Morgan fingerprint density at radius 3 is 2.71 bits per heavy atom. The van der Waals surface area contributed by atoms with Crippen molar-refractivity contribution in [1.29, 1.82) is 0 Å². The molecule has 1 aromatic rings. The van der Waals surface area contributed by atoms with Crippen molar-refractivity contribution in [3.63, 3.8) is 0 Å². The molecule has 0 amide bonds. The third-order valence-corrected chi connectivity index (χ3v) is 4.67. The first-order chi connectivity index (χ1) is 7.90. The fourth-order valence-corrected chi connectivity index (χ4v) is 3.62. The largest absolute Gasteiger partial charge is 0.462 e. The smallest absolute Gasteiger partial charge is 0.244 e. The summed E-state index contributed by atoms with van der Waals surface area (Å²) in [5.74, 6) is 1.24. The minimum atomic E-state index is -3.57. The number of aliphatic hydroxyl groups is 1. The van der Waals surface area contributed by atoms with Gasteiger partial charge in [-0.2, -0.15) is 11.8 Å². The number of nitrogens with one attached hydrogen (secondary N) is 1. The second kappa shape index (κ2) is 5.90. The van der Waals surface area contributed by atoms with Crippen LogP contribution in [0.1, 0.15) is 18.4 Å². The Bertz CT molecular complexity index is 467. The van der Waals surface area contributed by atoms with E-state index in [9.17, 15) is 8.42 Å². The van der Waals surface area contributed by atoms with Gasteiger partial charge in [0.15, 0.2) is 0 Å². The Kier molecular flexibility index (Phi) is 5.05. The molecule has 0 aliphatic carbocycles. The number of hydrogen-bond acceptors (Lipinski definition) is 5. The summed E-state index contributed by atoms with van der Waals surface area (Å²) in [6.07, 6.45) is 1.91. The molecule has 0 saturated carbocycles. The Morgan fingerprint density at radius 1 is 1.59 bits per heavy atom. The van der Waals surface area contributed by atoms with Gasteiger partial charge in [0, 0.05) is 17.9 Å². The van der Waals surface area contributed by atoms with E-state index in [1.165, 1.54) is 6.07 Å². The third-order valence-electron chi connectivity index (χ3n) is 2.14. The Morgan fingerprint density at radius 2 is 2.24 bits per heavy atom. The second-order valence-corrected chi connectivity index (χ2v) is 6.36. The van der Waals surface area contributed by atoms with E-state index < -0.39 is 10.0 Å². The lowest BCUT2D eigenvalue weighted by Gasteiger charge is -2.12. The molecular formula is C10H17NO4S2. The molecule has 17 heavy (non-hydrogen) atoms. The SMILES string of the molecule is CSCC(C)NS(=O)(=O)c1cc(CO)oc1C. The molecule has 2 N–H and O–H groups in total. The van der Waals surface area contributed by atoms with E-state index in [0.29, 0.717) is 5.75 Å². The first-order valence-electron chi connectivity index (χ1n) is 5.12.